The summed E-state index contributed by atoms with van der Waals surface area (Å²) < 4.78 is 0. The molecule has 0 unspecified atom stereocenters. The SMILES string of the molecule is Nc1ccc(C(=O)O)cc1.O=C1CC(=O)N(c2ccccc2)C(=O)N1c1ccccc1. The smallest absolute Gasteiger partial charge is 0.342 e. The van der Waals surface area contributed by atoms with Crippen molar-refractivity contribution < 1.29 is 24.3 Å². The molecule has 31 heavy (non-hydrogen) atoms. The Hall–Kier alpha value is -4.46. The molecular weight excluding hydrogens is 398 g/mol. The number of hydrogen-bond donors (Lipinski definition) is 2. The van der Waals surface area contributed by atoms with Crippen LogP contribution in [-0.2, 0) is 9.59 Å². The van der Waals surface area contributed by atoms with E-state index in [1.54, 1.807) is 72.8 Å². The second-order valence-electron chi connectivity index (χ2n) is 6.52. The van der Waals surface area contributed by atoms with Gasteiger partial charge in [0.1, 0.15) is 6.42 Å². The molecule has 3 aromatic rings. The number of barbiturate groups is 1. The molecule has 8 heteroatoms. The first-order chi connectivity index (χ1) is 14.9. The summed E-state index contributed by atoms with van der Waals surface area (Å²) in [5, 5.41) is 8.43. The Labute approximate surface area is 178 Å². The van der Waals surface area contributed by atoms with Crippen molar-refractivity contribution in [2.45, 2.75) is 6.42 Å². The molecule has 0 atom stereocenters. The van der Waals surface area contributed by atoms with Gasteiger partial charge in [0.15, 0.2) is 0 Å². The fraction of sp³-hybridized carbons (Fsp3) is 0.0435. The summed E-state index contributed by atoms with van der Waals surface area (Å²) in [5.74, 6) is -1.95. The third-order valence-corrected chi connectivity index (χ3v) is 4.37. The number of carbonyl (C=O) groups excluding carboxylic acids is 3. The molecule has 4 rings (SSSR count). The number of rotatable bonds is 3. The van der Waals surface area contributed by atoms with Gasteiger partial charge in [0, 0.05) is 5.69 Å². The van der Waals surface area contributed by atoms with Crippen molar-refractivity contribution in [1.29, 1.82) is 0 Å². The standard InChI is InChI=1S/C16H12N2O3.C7H7NO2/c19-14-11-15(20)18(13-9-5-2-6-10-13)16(21)17(14)12-7-3-1-4-8-12;8-6-3-1-5(2-4-6)7(9)10/h1-10H,11H2;1-4H,8H2,(H,9,10). The fourth-order valence-corrected chi connectivity index (χ4v) is 2.89. The molecule has 0 aliphatic carbocycles. The number of urea groups is 1. The van der Waals surface area contributed by atoms with Crippen molar-refractivity contribution in [2.24, 2.45) is 0 Å². The number of nitrogen functional groups attached to an aromatic ring is 1. The molecule has 1 heterocycles. The van der Waals surface area contributed by atoms with Crippen LogP contribution in [-0.4, -0.2) is 28.9 Å². The van der Waals surface area contributed by atoms with Crippen LogP contribution in [0.2, 0.25) is 0 Å². The third kappa shape index (κ3) is 4.94. The van der Waals surface area contributed by atoms with Crippen LogP contribution in [0.15, 0.2) is 84.9 Å². The van der Waals surface area contributed by atoms with Crippen LogP contribution < -0.4 is 15.5 Å². The van der Waals surface area contributed by atoms with E-state index in [1.807, 2.05) is 0 Å². The van der Waals surface area contributed by atoms with E-state index in [9.17, 15) is 19.2 Å². The molecular formula is C23H19N3O5. The van der Waals surface area contributed by atoms with Crippen molar-refractivity contribution in [3.63, 3.8) is 0 Å². The normalized spacial score (nSPS) is 13.5. The van der Waals surface area contributed by atoms with Crippen molar-refractivity contribution in [3.05, 3.63) is 90.5 Å². The molecule has 0 spiro atoms. The van der Waals surface area contributed by atoms with E-state index >= 15 is 0 Å². The molecule has 4 amide bonds. The number of anilines is 3. The lowest BCUT2D eigenvalue weighted by atomic mass is 10.2. The van der Waals surface area contributed by atoms with Crippen LogP contribution in [0.1, 0.15) is 16.8 Å². The van der Waals surface area contributed by atoms with Crippen LogP contribution in [0.25, 0.3) is 0 Å². The maximum Gasteiger partial charge on any atom is 0.342 e. The first-order valence-corrected chi connectivity index (χ1v) is 9.27. The predicted octanol–water partition coefficient (Wildman–Crippen LogP) is 3.54. The highest BCUT2D eigenvalue weighted by atomic mass is 16.4. The minimum absolute atomic E-state index is 0.259. The first kappa shape index (κ1) is 21.3. The Morgan fingerprint density at radius 3 is 1.52 bits per heavy atom. The number of carbonyl (C=O) groups is 4. The van der Waals surface area contributed by atoms with Crippen LogP contribution in [0.5, 0.6) is 0 Å². The number of imide groups is 2. The zero-order valence-electron chi connectivity index (χ0n) is 16.3. The summed E-state index contributed by atoms with van der Waals surface area (Å²) in [4.78, 5) is 49.0. The summed E-state index contributed by atoms with van der Waals surface area (Å²) >= 11 is 0. The summed E-state index contributed by atoms with van der Waals surface area (Å²) in [7, 11) is 0. The van der Waals surface area contributed by atoms with Crippen LogP contribution in [0, 0.1) is 0 Å². The minimum atomic E-state index is -0.931. The van der Waals surface area contributed by atoms with Gasteiger partial charge in [-0.2, -0.15) is 0 Å². The van der Waals surface area contributed by atoms with Crippen LogP contribution in [0.3, 0.4) is 0 Å². The molecule has 1 saturated heterocycles. The molecule has 1 aliphatic heterocycles. The number of aromatic carboxylic acids is 1. The fourth-order valence-electron chi connectivity index (χ4n) is 2.89. The topological polar surface area (TPSA) is 121 Å². The minimum Gasteiger partial charge on any atom is -0.478 e. The molecule has 0 bridgehead atoms. The lowest BCUT2D eigenvalue weighted by molar-refractivity contribution is -0.126. The summed E-state index contributed by atoms with van der Waals surface area (Å²) in [6.45, 7) is 0. The van der Waals surface area contributed by atoms with E-state index in [4.69, 9.17) is 10.8 Å². The molecule has 0 aromatic heterocycles. The van der Waals surface area contributed by atoms with Gasteiger partial charge in [-0.15, -0.1) is 0 Å². The highest BCUT2D eigenvalue weighted by Crippen LogP contribution is 2.25. The summed E-state index contributed by atoms with van der Waals surface area (Å²) in [5.41, 5.74) is 7.08. The Morgan fingerprint density at radius 2 is 1.13 bits per heavy atom. The van der Waals surface area contributed by atoms with Gasteiger partial charge >= 0.3 is 12.0 Å². The van der Waals surface area contributed by atoms with Crippen LogP contribution in [0.4, 0.5) is 21.9 Å². The van der Waals surface area contributed by atoms with Gasteiger partial charge in [0.05, 0.1) is 16.9 Å². The van der Waals surface area contributed by atoms with E-state index in [0.717, 1.165) is 9.80 Å². The summed E-state index contributed by atoms with van der Waals surface area (Å²) in [6, 6.07) is 22.6. The predicted molar refractivity (Wildman–Crippen MR) is 116 cm³/mol. The number of nitrogens with two attached hydrogens (primary N) is 1. The van der Waals surface area contributed by atoms with Gasteiger partial charge in [-0.05, 0) is 48.5 Å². The number of benzene rings is 3. The van der Waals surface area contributed by atoms with Crippen molar-refractivity contribution in [3.8, 4) is 0 Å². The molecule has 3 N–H and O–H groups in total. The lowest BCUT2D eigenvalue weighted by Gasteiger charge is -2.32. The maximum atomic E-state index is 12.6. The zero-order chi connectivity index (χ0) is 22.4. The zero-order valence-corrected chi connectivity index (χ0v) is 16.3. The van der Waals surface area contributed by atoms with Crippen molar-refractivity contribution in [1.82, 2.24) is 0 Å². The van der Waals surface area contributed by atoms with Gasteiger partial charge < -0.3 is 10.8 Å². The number of nitrogens with zero attached hydrogens (tertiary/aromatic N) is 2. The number of amides is 4. The van der Waals surface area contributed by atoms with Crippen molar-refractivity contribution >= 4 is 40.9 Å². The first-order valence-electron chi connectivity index (χ1n) is 9.27. The largest absolute Gasteiger partial charge is 0.478 e. The summed E-state index contributed by atoms with van der Waals surface area (Å²) in [6.07, 6.45) is -0.324. The third-order valence-electron chi connectivity index (χ3n) is 4.37. The average molecular weight is 417 g/mol. The van der Waals surface area contributed by atoms with Gasteiger partial charge in [-0.25, -0.2) is 19.4 Å². The Morgan fingerprint density at radius 1 is 0.710 bits per heavy atom. The number of para-hydroxylation sites is 2. The molecule has 3 aromatic carbocycles. The van der Waals surface area contributed by atoms with E-state index in [-0.39, 0.29) is 12.0 Å². The van der Waals surface area contributed by atoms with Crippen molar-refractivity contribution in [2.75, 3.05) is 15.5 Å². The molecule has 1 aliphatic rings. The second-order valence-corrected chi connectivity index (χ2v) is 6.52. The molecule has 8 nitrogen and oxygen atoms in total. The van der Waals surface area contributed by atoms with Gasteiger partial charge in [0.2, 0.25) is 11.8 Å². The van der Waals surface area contributed by atoms with E-state index < -0.39 is 23.8 Å². The highest BCUT2D eigenvalue weighted by Gasteiger charge is 2.39. The molecule has 1 fully saturated rings. The van der Waals surface area contributed by atoms with E-state index in [0.29, 0.717) is 17.1 Å². The van der Waals surface area contributed by atoms with E-state index in [1.165, 1.54) is 12.1 Å². The van der Waals surface area contributed by atoms with Crippen LogP contribution >= 0.6 is 0 Å². The number of carboxylic acid groups (broad SMARTS) is 1. The molecule has 0 saturated carbocycles. The second kappa shape index (κ2) is 9.36. The molecule has 0 radical (unpaired) electrons. The average Bonchev–Trinajstić information content (AvgIpc) is 2.76. The quantitative estimate of drug-likeness (QED) is 0.497. The monoisotopic (exact) mass is 417 g/mol. The number of carboxylic acids is 1. The van der Waals surface area contributed by atoms with Gasteiger partial charge in [-0.3, -0.25) is 9.59 Å². The lowest BCUT2D eigenvalue weighted by Crippen LogP contribution is -2.55. The molecule has 156 valence electrons. The maximum absolute atomic E-state index is 12.6. The Balaban J connectivity index is 0.000000229. The highest BCUT2D eigenvalue weighted by molar-refractivity contribution is 6.35. The van der Waals surface area contributed by atoms with E-state index in [2.05, 4.69) is 0 Å². The van der Waals surface area contributed by atoms with Gasteiger partial charge in [0.25, 0.3) is 0 Å². The Bertz CT molecular complexity index is 1040. The van der Waals surface area contributed by atoms with Gasteiger partial charge in [-0.1, -0.05) is 36.4 Å². The number of hydrogen-bond acceptors (Lipinski definition) is 5. The Kier molecular flexibility index (Phi) is 6.42.